The summed E-state index contributed by atoms with van der Waals surface area (Å²) in [7, 11) is 0. The van der Waals surface area contributed by atoms with Gasteiger partial charge in [0.25, 0.3) is 0 Å². The normalized spacial score (nSPS) is 12.1. The summed E-state index contributed by atoms with van der Waals surface area (Å²) < 4.78 is 5.64. The van der Waals surface area contributed by atoms with Gasteiger partial charge >= 0.3 is 0 Å². The number of ether oxygens (including phenoxy) is 1. The molecule has 2 aromatic rings. The molecule has 18 heavy (non-hydrogen) atoms. The van der Waals surface area contributed by atoms with Crippen molar-refractivity contribution in [2.45, 2.75) is 19.4 Å². The summed E-state index contributed by atoms with van der Waals surface area (Å²) in [5.74, 6) is 0.827. The van der Waals surface area contributed by atoms with Crippen molar-refractivity contribution in [2.24, 2.45) is 0 Å². The fraction of sp³-hybridized carbons (Fsp3) is 0.267. The zero-order valence-electron chi connectivity index (χ0n) is 10.4. The number of benzene rings is 1. The van der Waals surface area contributed by atoms with Gasteiger partial charge in [-0.2, -0.15) is 0 Å². The van der Waals surface area contributed by atoms with Gasteiger partial charge in [0.15, 0.2) is 0 Å². The third-order valence-electron chi connectivity index (χ3n) is 2.77. The van der Waals surface area contributed by atoms with Gasteiger partial charge in [-0.3, -0.25) is 4.98 Å². The van der Waals surface area contributed by atoms with Gasteiger partial charge in [-0.1, -0.05) is 12.1 Å². The summed E-state index contributed by atoms with van der Waals surface area (Å²) in [6, 6.07) is 11.5. The molecule has 1 N–H and O–H groups in total. The van der Waals surface area contributed by atoms with E-state index in [2.05, 4.69) is 4.98 Å². The molecule has 0 aliphatic heterocycles. The Kier molecular flexibility index (Phi) is 4.31. The Morgan fingerprint density at radius 2 is 1.78 bits per heavy atom. The summed E-state index contributed by atoms with van der Waals surface area (Å²) in [4.78, 5) is 3.97. The zero-order valence-corrected chi connectivity index (χ0v) is 10.4. The lowest BCUT2D eigenvalue weighted by Crippen LogP contribution is -2.01. The van der Waals surface area contributed by atoms with E-state index in [9.17, 15) is 5.11 Å². The van der Waals surface area contributed by atoms with Crippen molar-refractivity contribution in [2.75, 3.05) is 6.61 Å². The lowest BCUT2D eigenvalue weighted by atomic mass is 10.1. The van der Waals surface area contributed by atoms with E-state index in [-0.39, 0.29) is 0 Å². The van der Waals surface area contributed by atoms with E-state index in [0.29, 0.717) is 6.61 Å². The molecule has 0 amide bonds. The predicted octanol–water partition coefficient (Wildman–Crippen LogP) is 2.76. The molecule has 3 heteroatoms. The van der Waals surface area contributed by atoms with E-state index in [1.54, 1.807) is 19.3 Å². The van der Waals surface area contributed by atoms with Crippen LogP contribution in [0, 0.1) is 0 Å². The van der Waals surface area contributed by atoms with Crippen molar-refractivity contribution in [1.82, 2.24) is 4.98 Å². The van der Waals surface area contributed by atoms with Gasteiger partial charge in [-0.05, 0) is 42.3 Å². The first-order chi connectivity index (χ1) is 8.75. The average Bonchev–Trinajstić information content (AvgIpc) is 2.40. The van der Waals surface area contributed by atoms with E-state index in [1.807, 2.05) is 36.4 Å². The first-order valence-electron chi connectivity index (χ1n) is 6.05. The van der Waals surface area contributed by atoms with Crippen molar-refractivity contribution in [1.29, 1.82) is 0 Å². The molecule has 0 aliphatic carbocycles. The van der Waals surface area contributed by atoms with Crippen LogP contribution in [-0.2, 0) is 6.42 Å². The summed E-state index contributed by atoms with van der Waals surface area (Å²) in [6.45, 7) is 2.39. The third-order valence-corrected chi connectivity index (χ3v) is 2.77. The summed E-state index contributed by atoms with van der Waals surface area (Å²) in [6.07, 6.45) is 4.00. The third kappa shape index (κ3) is 3.57. The lowest BCUT2D eigenvalue weighted by Gasteiger charge is -2.08. The minimum Gasteiger partial charge on any atom is -0.493 e. The monoisotopic (exact) mass is 243 g/mol. The summed E-state index contributed by atoms with van der Waals surface area (Å²) in [5.41, 5.74) is 2.11. The molecule has 0 unspecified atom stereocenters. The molecule has 1 heterocycles. The van der Waals surface area contributed by atoms with Crippen LogP contribution in [-0.4, -0.2) is 16.7 Å². The molecular formula is C15H17NO2. The van der Waals surface area contributed by atoms with Crippen LogP contribution in [0.15, 0.2) is 48.8 Å². The van der Waals surface area contributed by atoms with Crippen LogP contribution >= 0.6 is 0 Å². The molecule has 1 aromatic carbocycles. The van der Waals surface area contributed by atoms with Crippen LogP contribution in [0.5, 0.6) is 5.75 Å². The Balaban J connectivity index is 1.83. The highest BCUT2D eigenvalue weighted by Crippen LogP contribution is 2.17. The molecule has 2 rings (SSSR count). The topological polar surface area (TPSA) is 42.4 Å². The number of aliphatic hydroxyl groups excluding tert-OH is 1. The standard InChI is InChI=1S/C15H17NO2/c1-12(17)14-2-4-15(5-3-14)18-11-8-13-6-9-16-10-7-13/h2-7,9-10,12,17H,8,11H2,1H3/t12-/m0/s1. The molecule has 0 fully saturated rings. The van der Waals surface area contributed by atoms with E-state index in [1.165, 1.54) is 5.56 Å². The Labute approximate surface area is 107 Å². The largest absolute Gasteiger partial charge is 0.493 e. The minimum absolute atomic E-state index is 0.434. The number of pyridine rings is 1. The van der Waals surface area contributed by atoms with Gasteiger partial charge in [0, 0.05) is 18.8 Å². The highest BCUT2D eigenvalue weighted by molar-refractivity contribution is 5.28. The molecule has 3 nitrogen and oxygen atoms in total. The Morgan fingerprint density at radius 3 is 2.39 bits per heavy atom. The Hall–Kier alpha value is -1.87. The van der Waals surface area contributed by atoms with Crippen LogP contribution in [0.4, 0.5) is 0 Å². The molecule has 0 radical (unpaired) electrons. The first-order valence-corrected chi connectivity index (χ1v) is 6.05. The second kappa shape index (κ2) is 6.17. The minimum atomic E-state index is -0.434. The van der Waals surface area contributed by atoms with Crippen LogP contribution in [0.25, 0.3) is 0 Å². The maximum Gasteiger partial charge on any atom is 0.119 e. The van der Waals surface area contributed by atoms with Crippen LogP contribution < -0.4 is 4.74 Å². The van der Waals surface area contributed by atoms with Crippen LogP contribution in [0.1, 0.15) is 24.2 Å². The van der Waals surface area contributed by atoms with Crippen molar-refractivity contribution >= 4 is 0 Å². The fourth-order valence-electron chi connectivity index (χ4n) is 1.68. The molecular weight excluding hydrogens is 226 g/mol. The Bertz CT molecular complexity index is 466. The predicted molar refractivity (Wildman–Crippen MR) is 70.5 cm³/mol. The molecule has 0 aliphatic rings. The highest BCUT2D eigenvalue weighted by atomic mass is 16.5. The molecule has 0 spiro atoms. The van der Waals surface area contributed by atoms with E-state index >= 15 is 0 Å². The van der Waals surface area contributed by atoms with Gasteiger partial charge in [0.05, 0.1) is 12.7 Å². The lowest BCUT2D eigenvalue weighted by molar-refractivity contribution is 0.199. The summed E-state index contributed by atoms with van der Waals surface area (Å²) in [5, 5.41) is 9.39. The van der Waals surface area contributed by atoms with Gasteiger partial charge in [0.2, 0.25) is 0 Å². The fourth-order valence-corrected chi connectivity index (χ4v) is 1.68. The van der Waals surface area contributed by atoms with E-state index in [0.717, 1.165) is 17.7 Å². The molecule has 94 valence electrons. The first kappa shape index (κ1) is 12.6. The van der Waals surface area contributed by atoms with Gasteiger partial charge in [0.1, 0.15) is 5.75 Å². The van der Waals surface area contributed by atoms with Crippen molar-refractivity contribution in [3.05, 3.63) is 59.9 Å². The molecule has 1 aromatic heterocycles. The Morgan fingerprint density at radius 1 is 1.11 bits per heavy atom. The second-order valence-corrected chi connectivity index (χ2v) is 4.20. The quantitative estimate of drug-likeness (QED) is 0.878. The number of nitrogens with zero attached hydrogens (tertiary/aromatic N) is 1. The highest BCUT2D eigenvalue weighted by Gasteiger charge is 2.00. The summed E-state index contributed by atoms with van der Waals surface area (Å²) >= 11 is 0. The number of hydrogen-bond acceptors (Lipinski definition) is 3. The van der Waals surface area contributed by atoms with Gasteiger partial charge in [-0.25, -0.2) is 0 Å². The molecule has 1 atom stereocenters. The van der Waals surface area contributed by atoms with Crippen LogP contribution in [0.3, 0.4) is 0 Å². The smallest absolute Gasteiger partial charge is 0.119 e. The van der Waals surface area contributed by atoms with Crippen molar-refractivity contribution in [3.8, 4) is 5.75 Å². The number of aliphatic hydroxyl groups is 1. The van der Waals surface area contributed by atoms with E-state index < -0.39 is 6.10 Å². The number of rotatable bonds is 5. The molecule has 0 saturated carbocycles. The SMILES string of the molecule is C[C@H](O)c1ccc(OCCc2ccncc2)cc1. The number of hydrogen-bond donors (Lipinski definition) is 1. The van der Waals surface area contributed by atoms with Gasteiger partial charge in [-0.15, -0.1) is 0 Å². The van der Waals surface area contributed by atoms with E-state index in [4.69, 9.17) is 4.74 Å². The maximum absolute atomic E-state index is 9.39. The van der Waals surface area contributed by atoms with Crippen LogP contribution in [0.2, 0.25) is 0 Å². The van der Waals surface area contributed by atoms with Gasteiger partial charge < -0.3 is 9.84 Å². The number of aromatic nitrogens is 1. The second-order valence-electron chi connectivity index (χ2n) is 4.20. The van der Waals surface area contributed by atoms with Crippen molar-refractivity contribution < 1.29 is 9.84 Å². The van der Waals surface area contributed by atoms with Crippen molar-refractivity contribution in [3.63, 3.8) is 0 Å². The molecule has 0 bridgehead atoms. The maximum atomic E-state index is 9.39. The zero-order chi connectivity index (χ0) is 12.8. The molecule has 0 saturated heterocycles. The average molecular weight is 243 g/mol.